The Morgan fingerprint density at radius 2 is 1.88 bits per heavy atom. The lowest BCUT2D eigenvalue weighted by Gasteiger charge is -2.69. The van der Waals surface area contributed by atoms with E-state index in [0.29, 0.717) is 6.42 Å². The second-order valence-electron chi connectivity index (χ2n) is 10.6. The van der Waals surface area contributed by atoms with Gasteiger partial charge in [0.2, 0.25) is 5.78 Å². The number of methoxy groups -OCH3 is 2. The molecule has 1 saturated heterocycles. The monoisotopic (exact) mass is 450 g/mol. The normalized spacial score (nSPS) is 49.9. The number of esters is 2. The van der Waals surface area contributed by atoms with Crippen molar-refractivity contribution in [1.82, 2.24) is 0 Å². The SMILES string of the molecule is COC1=C[C@@H](C)[C@@H]2C[C@H]3OC(=O)C[C@H]4[C@](C)(O)[C@H](OC)[C@@H](OC(C)=O)[C@H]([C@@]2(C)C1=O)[C@@]34C. The molecule has 1 N–H and O–H groups in total. The molecule has 10 atom stereocenters. The molecule has 0 amide bonds. The van der Waals surface area contributed by atoms with E-state index < -0.39 is 52.5 Å². The first-order valence-corrected chi connectivity index (χ1v) is 11.3. The van der Waals surface area contributed by atoms with Gasteiger partial charge in [-0.25, -0.2) is 0 Å². The van der Waals surface area contributed by atoms with E-state index in [4.69, 9.17) is 18.9 Å². The first-order valence-electron chi connectivity index (χ1n) is 11.3. The Bertz CT molecular complexity index is 877. The number of carbonyl (C=O) groups excluding carboxylic acids is 3. The van der Waals surface area contributed by atoms with Gasteiger partial charge in [0.05, 0.1) is 19.1 Å². The molecule has 1 heterocycles. The van der Waals surface area contributed by atoms with Crippen LogP contribution in [0, 0.1) is 34.5 Å². The van der Waals surface area contributed by atoms with Crippen LogP contribution in [0.3, 0.4) is 0 Å². The number of hydrogen-bond donors (Lipinski definition) is 1. The fraction of sp³-hybridized carbons (Fsp3) is 0.792. The zero-order chi connectivity index (χ0) is 23.8. The zero-order valence-corrected chi connectivity index (χ0v) is 19.8. The molecule has 2 saturated carbocycles. The fourth-order valence-corrected chi connectivity index (χ4v) is 7.87. The second kappa shape index (κ2) is 7.29. The Hall–Kier alpha value is -1.93. The van der Waals surface area contributed by atoms with E-state index in [1.54, 1.807) is 6.92 Å². The molecule has 0 bridgehead atoms. The summed E-state index contributed by atoms with van der Waals surface area (Å²) in [7, 11) is 2.93. The summed E-state index contributed by atoms with van der Waals surface area (Å²) < 4.78 is 22.9. The Kier molecular flexibility index (Phi) is 5.29. The fourth-order valence-electron chi connectivity index (χ4n) is 7.87. The van der Waals surface area contributed by atoms with Crippen molar-refractivity contribution in [3.8, 4) is 0 Å². The number of ketones is 1. The molecule has 32 heavy (non-hydrogen) atoms. The van der Waals surface area contributed by atoms with E-state index in [1.165, 1.54) is 21.1 Å². The molecule has 8 heteroatoms. The highest BCUT2D eigenvalue weighted by atomic mass is 16.6. The van der Waals surface area contributed by atoms with Crippen LogP contribution in [0.1, 0.15) is 47.5 Å². The lowest BCUT2D eigenvalue weighted by molar-refractivity contribution is -0.317. The molecule has 3 aliphatic carbocycles. The van der Waals surface area contributed by atoms with Gasteiger partial charge in [-0.3, -0.25) is 14.4 Å². The van der Waals surface area contributed by atoms with Gasteiger partial charge in [-0.2, -0.15) is 0 Å². The highest BCUT2D eigenvalue weighted by Gasteiger charge is 2.76. The molecule has 3 fully saturated rings. The van der Waals surface area contributed by atoms with Crippen LogP contribution in [-0.4, -0.2) is 61.0 Å². The smallest absolute Gasteiger partial charge is 0.306 e. The molecule has 8 nitrogen and oxygen atoms in total. The van der Waals surface area contributed by atoms with Crippen LogP contribution in [-0.2, 0) is 33.3 Å². The highest BCUT2D eigenvalue weighted by molar-refractivity contribution is 6.00. The Morgan fingerprint density at radius 3 is 2.44 bits per heavy atom. The van der Waals surface area contributed by atoms with Crippen molar-refractivity contribution in [2.75, 3.05) is 14.2 Å². The maximum atomic E-state index is 13.9. The number of rotatable bonds is 3. The minimum Gasteiger partial charge on any atom is -0.493 e. The standard InChI is InChI=1S/C24H34O8/c1-11-8-14(29-6)20(27)22(3)13(11)9-16-23(4)15(10-17(26)32-16)24(5,28)21(30-7)18(19(22)23)31-12(2)25/h8,11,13,15-16,18-19,21,28H,9-10H2,1-7H3/t11-,13+,15-,16-,18+,19-,21-,22+,23-,24+/m1/s1. The first kappa shape index (κ1) is 23.2. The van der Waals surface area contributed by atoms with Gasteiger partial charge in [-0.05, 0) is 31.3 Å². The molecule has 0 spiro atoms. The summed E-state index contributed by atoms with van der Waals surface area (Å²) in [6.45, 7) is 8.82. The van der Waals surface area contributed by atoms with Crippen molar-refractivity contribution in [3.63, 3.8) is 0 Å². The maximum absolute atomic E-state index is 13.9. The summed E-state index contributed by atoms with van der Waals surface area (Å²) in [5, 5.41) is 11.7. The number of hydrogen-bond acceptors (Lipinski definition) is 8. The molecule has 4 rings (SSSR count). The minimum atomic E-state index is -1.48. The predicted molar refractivity (Wildman–Crippen MR) is 112 cm³/mol. The molecule has 0 unspecified atom stereocenters. The number of allylic oxidation sites excluding steroid dienone is 2. The van der Waals surface area contributed by atoms with Crippen molar-refractivity contribution in [3.05, 3.63) is 11.8 Å². The van der Waals surface area contributed by atoms with Crippen LogP contribution in [0.25, 0.3) is 0 Å². The van der Waals surface area contributed by atoms with Crippen molar-refractivity contribution >= 4 is 17.7 Å². The Labute approximate surface area is 188 Å². The van der Waals surface area contributed by atoms with Crippen LogP contribution in [0.2, 0.25) is 0 Å². The number of ether oxygens (including phenoxy) is 4. The van der Waals surface area contributed by atoms with Gasteiger partial charge in [-0.15, -0.1) is 0 Å². The Balaban J connectivity index is 2.00. The van der Waals surface area contributed by atoms with E-state index in [9.17, 15) is 19.5 Å². The largest absolute Gasteiger partial charge is 0.493 e. The average molecular weight is 451 g/mol. The van der Waals surface area contributed by atoms with Crippen LogP contribution >= 0.6 is 0 Å². The average Bonchev–Trinajstić information content (AvgIpc) is 2.69. The van der Waals surface area contributed by atoms with E-state index in [-0.39, 0.29) is 35.8 Å². The molecule has 4 aliphatic rings. The molecule has 1 aliphatic heterocycles. The summed E-state index contributed by atoms with van der Waals surface area (Å²) in [6.07, 6.45) is -0.0443. The molecular weight excluding hydrogens is 416 g/mol. The van der Waals surface area contributed by atoms with Gasteiger partial charge in [0.15, 0.2) is 5.76 Å². The maximum Gasteiger partial charge on any atom is 0.306 e. The van der Waals surface area contributed by atoms with Crippen LogP contribution in [0.4, 0.5) is 0 Å². The molecular formula is C24H34O8. The summed E-state index contributed by atoms with van der Waals surface area (Å²) >= 11 is 0. The van der Waals surface area contributed by atoms with Gasteiger partial charge < -0.3 is 24.1 Å². The third kappa shape index (κ3) is 2.78. The number of carbonyl (C=O) groups is 3. The van der Waals surface area contributed by atoms with Crippen molar-refractivity contribution < 1.29 is 38.4 Å². The summed E-state index contributed by atoms with van der Waals surface area (Å²) in [4.78, 5) is 38.7. The quantitative estimate of drug-likeness (QED) is 0.651. The van der Waals surface area contributed by atoms with E-state index in [0.717, 1.165) is 0 Å². The highest BCUT2D eigenvalue weighted by Crippen LogP contribution is 2.69. The Morgan fingerprint density at radius 1 is 1.22 bits per heavy atom. The van der Waals surface area contributed by atoms with Crippen LogP contribution in [0.5, 0.6) is 0 Å². The van der Waals surface area contributed by atoms with Crippen molar-refractivity contribution in [2.45, 2.75) is 71.4 Å². The van der Waals surface area contributed by atoms with Gasteiger partial charge in [0.25, 0.3) is 0 Å². The molecule has 0 aromatic carbocycles. The number of Topliss-reactive ketones (excluding diaryl/α,β-unsaturated/α-hetero) is 1. The molecule has 0 radical (unpaired) electrons. The van der Waals surface area contributed by atoms with Crippen molar-refractivity contribution in [2.24, 2.45) is 34.5 Å². The second-order valence-corrected chi connectivity index (χ2v) is 10.6. The van der Waals surface area contributed by atoms with Gasteiger partial charge in [-0.1, -0.05) is 20.8 Å². The number of aliphatic hydroxyl groups is 1. The van der Waals surface area contributed by atoms with Crippen molar-refractivity contribution in [1.29, 1.82) is 0 Å². The molecule has 0 aromatic rings. The van der Waals surface area contributed by atoms with Crippen LogP contribution < -0.4 is 0 Å². The lowest BCUT2D eigenvalue weighted by atomic mass is 9.37. The number of fused-ring (bicyclic) bond motifs is 2. The first-order chi connectivity index (χ1) is 14.8. The van der Waals surface area contributed by atoms with E-state index >= 15 is 0 Å². The predicted octanol–water partition coefficient (Wildman–Crippen LogP) is 2.03. The molecule has 178 valence electrons. The van der Waals surface area contributed by atoms with E-state index in [2.05, 4.69) is 0 Å². The third-order valence-electron chi connectivity index (χ3n) is 9.09. The topological polar surface area (TPSA) is 108 Å². The molecule has 0 aromatic heterocycles. The summed E-state index contributed by atoms with van der Waals surface area (Å²) in [6, 6.07) is 0. The lowest BCUT2D eigenvalue weighted by Crippen LogP contribution is -2.78. The van der Waals surface area contributed by atoms with Crippen LogP contribution in [0.15, 0.2) is 11.8 Å². The van der Waals surface area contributed by atoms with Gasteiger partial charge in [0, 0.05) is 36.7 Å². The van der Waals surface area contributed by atoms with Gasteiger partial charge in [0.1, 0.15) is 18.3 Å². The minimum absolute atomic E-state index is 0.000611. The zero-order valence-electron chi connectivity index (χ0n) is 19.8. The summed E-state index contributed by atoms with van der Waals surface area (Å²) in [5.74, 6) is -2.06. The van der Waals surface area contributed by atoms with E-state index in [1.807, 2.05) is 26.8 Å². The summed E-state index contributed by atoms with van der Waals surface area (Å²) in [5.41, 5.74) is -3.27. The third-order valence-corrected chi connectivity index (χ3v) is 9.09. The van der Waals surface area contributed by atoms with Gasteiger partial charge >= 0.3 is 11.9 Å².